The van der Waals surface area contributed by atoms with E-state index in [9.17, 15) is 9.90 Å². The molecular weight excluding hydrogens is 270 g/mol. The number of hydrogen-bond donors (Lipinski definition) is 1. The predicted molar refractivity (Wildman–Crippen MR) is 73.2 cm³/mol. The van der Waals surface area contributed by atoms with Crippen LogP contribution in [-0.2, 0) is 6.54 Å². The molecule has 2 rings (SSSR count). The number of nitrogens with zero attached hydrogens (tertiary/aromatic N) is 1. The highest BCUT2D eigenvalue weighted by Crippen LogP contribution is 2.23. The fourth-order valence-corrected chi connectivity index (χ4v) is 2.71. The van der Waals surface area contributed by atoms with Gasteiger partial charge in [-0.15, -0.1) is 11.3 Å². The van der Waals surface area contributed by atoms with E-state index in [4.69, 9.17) is 11.6 Å². The minimum absolute atomic E-state index is 0.0838. The van der Waals surface area contributed by atoms with Gasteiger partial charge >= 0.3 is 0 Å². The van der Waals surface area contributed by atoms with Crippen molar-refractivity contribution in [1.29, 1.82) is 0 Å². The molecule has 0 unspecified atom stereocenters. The lowest BCUT2D eigenvalue weighted by atomic mass is 10.2. The predicted octanol–water partition coefficient (Wildman–Crippen LogP) is 3.38. The summed E-state index contributed by atoms with van der Waals surface area (Å²) in [5.41, 5.74) is 0.554. The van der Waals surface area contributed by atoms with Crippen molar-refractivity contribution < 1.29 is 9.90 Å². The van der Waals surface area contributed by atoms with Crippen molar-refractivity contribution in [3.63, 3.8) is 0 Å². The Bertz CT molecular complexity index is 550. The third-order valence-electron chi connectivity index (χ3n) is 2.48. The second-order valence-corrected chi connectivity index (χ2v) is 5.71. The van der Waals surface area contributed by atoms with Gasteiger partial charge in [-0.2, -0.15) is 0 Å². The van der Waals surface area contributed by atoms with Crippen LogP contribution in [0.3, 0.4) is 0 Å². The Kier molecular flexibility index (Phi) is 3.89. The summed E-state index contributed by atoms with van der Waals surface area (Å²) in [6.07, 6.45) is 0. The van der Waals surface area contributed by atoms with E-state index in [1.807, 2.05) is 12.1 Å². The fourth-order valence-electron chi connectivity index (χ4n) is 1.57. The molecule has 5 heteroatoms. The van der Waals surface area contributed by atoms with E-state index >= 15 is 0 Å². The summed E-state index contributed by atoms with van der Waals surface area (Å²) in [5.74, 6) is 0.0683. The third-order valence-corrected chi connectivity index (χ3v) is 3.70. The first-order chi connectivity index (χ1) is 8.56. The number of hydrogen-bond acceptors (Lipinski definition) is 3. The lowest BCUT2D eigenvalue weighted by Crippen LogP contribution is -2.25. The van der Waals surface area contributed by atoms with Gasteiger partial charge in [-0.05, 0) is 36.4 Å². The Hall–Kier alpha value is -1.52. The van der Waals surface area contributed by atoms with Crippen LogP contribution in [0, 0.1) is 0 Å². The average molecular weight is 282 g/mol. The summed E-state index contributed by atoms with van der Waals surface area (Å²) in [6.45, 7) is 0.525. The van der Waals surface area contributed by atoms with Crippen LogP contribution < -0.4 is 0 Å². The molecule has 0 bridgehead atoms. The SMILES string of the molecule is CN(Cc1ccc(Cl)s1)C(=O)c1ccc(O)cc1. The zero-order valence-electron chi connectivity index (χ0n) is 9.76. The molecule has 1 aromatic carbocycles. The van der Waals surface area contributed by atoms with Crippen LogP contribution in [0.15, 0.2) is 36.4 Å². The van der Waals surface area contributed by atoms with Gasteiger partial charge in [-0.1, -0.05) is 11.6 Å². The topological polar surface area (TPSA) is 40.5 Å². The molecule has 1 amide bonds. The van der Waals surface area contributed by atoms with E-state index in [0.29, 0.717) is 12.1 Å². The molecule has 0 spiro atoms. The summed E-state index contributed by atoms with van der Waals surface area (Å²) in [4.78, 5) is 14.7. The van der Waals surface area contributed by atoms with Crippen LogP contribution in [0.4, 0.5) is 0 Å². The van der Waals surface area contributed by atoms with Crippen molar-refractivity contribution in [3.05, 3.63) is 51.2 Å². The lowest BCUT2D eigenvalue weighted by molar-refractivity contribution is 0.0786. The summed E-state index contributed by atoms with van der Waals surface area (Å²) >= 11 is 7.31. The number of halogens is 1. The van der Waals surface area contributed by atoms with E-state index in [0.717, 1.165) is 9.21 Å². The highest BCUT2D eigenvalue weighted by atomic mass is 35.5. The molecule has 0 fully saturated rings. The van der Waals surface area contributed by atoms with Gasteiger partial charge < -0.3 is 10.0 Å². The molecule has 0 aliphatic carbocycles. The Balaban J connectivity index is 2.07. The van der Waals surface area contributed by atoms with Gasteiger partial charge in [0.05, 0.1) is 10.9 Å². The van der Waals surface area contributed by atoms with Gasteiger partial charge in [-0.25, -0.2) is 0 Å². The first kappa shape index (κ1) is 12.9. The maximum absolute atomic E-state index is 12.1. The molecule has 1 N–H and O–H groups in total. The second kappa shape index (κ2) is 5.42. The van der Waals surface area contributed by atoms with Gasteiger partial charge in [0, 0.05) is 17.5 Å². The Morgan fingerprint density at radius 2 is 1.94 bits per heavy atom. The average Bonchev–Trinajstić information content (AvgIpc) is 2.75. The molecule has 0 aliphatic rings. The largest absolute Gasteiger partial charge is 0.508 e. The molecule has 2 aromatic rings. The highest BCUT2D eigenvalue weighted by molar-refractivity contribution is 7.16. The third kappa shape index (κ3) is 3.03. The zero-order valence-corrected chi connectivity index (χ0v) is 11.3. The van der Waals surface area contributed by atoms with Crippen LogP contribution in [-0.4, -0.2) is 23.0 Å². The van der Waals surface area contributed by atoms with Crippen LogP contribution >= 0.6 is 22.9 Å². The van der Waals surface area contributed by atoms with Crippen molar-refractivity contribution in [2.75, 3.05) is 7.05 Å². The van der Waals surface area contributed by atoms with Crippen LogP contribution in [0.2, 0.25) is 4.34 Å². The molecular formula is C13H12ClNO2S. The number of rotatable bonds is 3. The van der Waals surface area contributed by atoms with Gasteiger partial charge in [-0.3, -0.25) is 4.79 Å². The smallest absolute Gasteiger partial charge is 0.253 e. The van der Waals surface area contributed by atoms with Crippen molar-refractivity contribution >= 4 is 28.8 Å². The Labute approximate surface area is 114 Å². The summed E-state index contributed by atoms with van der Waals surface area (Å²) in [7, 11) is 1.74. The maximum Gasteiger partial charge on any atom is 0.253 e. The first-order valence-electron chi connectivity index (χ1n) is 5.35. The monoisotopic (exact) mass is 281 g/mol. The van der Waals surface area contributed by atoms with Gasteiger partial charge in [0.2, 0.25) is 0 Å². The van der Waals surface area contributed by atoms with E-state index < -0.39 is 0 Å². The van der Waals surface area contributed by atoms with E-state index in [1.165, 1.54) is 23.5 Å². The van der Waals surface area contributed by atoms with Crippen molar-refractivity contribution in [3.8, 4) is 5.75 Å². The molecule has 1 heterocycles. The van der Waals surface area contributed by atoms with Crippen LogP contribution in [0.25, 0.3) is 0 Å². The van der Waals surface area contributed by atoms with Gasteiger partial charge in [0.25, 0.3) is 5.91 Å². The minimum atomic E-state index is -0.0838. The van der Waals surface area contributed by atoms with Gasteiger partial charge in [0.15, 0.2) is 0 Å². The number of carbonyl (C=O) groups excluding carboxylic acids is 1. The second-order valence-electron chi connectivity index (χ2n) is 3.91. The Morgan fingerprint density at radius 1 is 1.28 bits per heavy atom. The number of aromatic hydroxyl groups is 1. The minimum Gasteiger partial charge on any atom is -0.508 e. The Morgan fingerprint density at radius 3 is 2.50 bits per heavy atom. The highest BCUT2D eigenvalue weighted by Gasteiger charge is 2.12. The summed E-state index contributed by atoms with van der Waals surface area (Å²) < 4.78 is 0.718. The van der Waals surface area contributed by atoms with Gasteiger partial charge in [0.1, 0.15) is 5.75 Å². The quantitative estimate of drug-likeness (QED) is 0.937. The molecule has 0 atom stereocenters. The summed E-state index contributed by atoms with van der Waals surface area (Å²) in [6, 6.07) is 9.95. The fraction of sp³-hybridized carbons (Fsp3) is 0.154. The maximum atomic E-state index is 12.1. The normalized spacial score (nSPS) is 10.3. The standard InChI is InChI=1S/C13H12ClNO2S/c1-15(8-11-6-7-12(14)18-11)13(17)9-2-4-10(16)5-3-9/h2-7,16H,8H2,1H3. The molecule has 0 saturated carbocycles. The number of amides is 1. The van der Waals surface area contributed by atoms with Crippen LogP contribution in [0.1, 0.15) is 15.2 Å². The lowest BCUT2D eigenvalue weighted by Gasteiger charge is -2.16. The number of thiophene rings is 1. The van der Waals surface area contributed by atoms with Crippen molar-refractivity contribution in [2.45, 2.75) is 6.54 Å². The molecule has 1 aromatic heterocycles. The first-order valence-corrected chi connectivity index (χ1v) is 6.54. The molecule has 0 radical (unpaired) electrons. The van der Waals surface area contributed by atoms with Crippen molar-refractivity contribution in [1.82, 2.24) is 4.90 Å². The molecule has 18 heavy (non-hydrogen) atoms. The zero-order chi connectivity index (χ0) is 13.1. The summed E-state index contributed by atoms with van der Waals surface area (Å²) in [5, 5.41) is 9.18. The van der Waals surface area contributed by atoms with Crippen molar-refractivity contribution in [2.24, 2.45) is 0 Å². The van der Waals surface area contributed by atoms with E-state index in [2.05, 4.69) is 0 Å². The van der Waals surface area contributed by atoms with E-state index in [1.54, 1.807) is 24.1 Å². The van der Waals surface area contributed by atoms with Crippen LogP contribution in [0.5, 0.6) is 5.75 Å². The molecule has 94 valence electrons. The molecule has 3 nitrogen and oxygen atoms in total. The number of carbonyl (C=O) groups is 1. The number of benzene rings is 1. The number of phenolic OH excluding ortho intramolecular Hbond substituents is 1. The molecule has 0 saturated heterocycles. The van der Waals surface area contributed by atoms with E-state index in [-0.39, 0.29) is 11.7 Å². The molecule has 0 aliphatic heterocycles. The number of phenols is 1.